The summed E-state index contributed by atoms with van der Waals surface area (Å²) < 4.78 is 0. The molecule has 0 bridgehead atoms. The molecule has 0 aliphatic heterocycles. The minimum absolute atomic E-state index is 0.0568. The van der Waals surface area contributed by atoms with Gasteiger partial charge in [-0.1, -0.05) is 42.5 Å². The largest absolute Gasteiger partial charge is 0.352 e. The molecule has 14 heavy (non-hydrogen) atoms. The van der Waals surface area contributed by atoms with Crippen LogP contribution < -0.4 is 0 Å². The molecule has 1 rings (SSSR count). The Hall–Kier alpha value is 0.0469. The third-order valence-electron chi connectivity index (χ3n) is 1.90. The highest BCUT2D eigenvalue weighted by Gasteiger charge is 2.35. The number of rotatable bonds is 3. The van der Waals surface area contributed by atoms with Crippen molar-refractivity contribution in [3.05, 3.63) is 48.0 Å². The van der Waals surface area contributed by atoms with Crippen LogP contribution in [0.1, 0.15) is 18.0 Å². The molecular formula is C10H11Cl3Si. The van der Waals surface area contributed by atoms with Gasteiger partial charge in [-0.2, -0.15) is 0 Å². The summed E-state index contributed by atoms with van der Waals surface area (Å²) in [4.78, 5) is 0. The Labute approximate surface area is 99.6 Å². The summed E-state index contributed by atoms with van der Waals surface area (Å²) in [5.74, 6) is 0. The molecule has 4 heteroatoms. The van der Waals surface area contributed by atoms with Gasteiger partial charge in [-0.3, -0.25) is 0 Å². The van der Waals surface area contributed by atoms with Crippen LogP contribution in [0.4, 0.5) is 0 Å². The molecule has 76 valence electrons. The van der Waals surface area contributed by atoms with Crippen molar-refractivity contribution in [2.75, 3.05) is 0 Å². The molecule has 0 aliphatic carbocycles. The highest BCUT2D eigenvalue weighted by Crippen LogP contribution is 2.37. The first-order valence-electron chi connectivity index (χ1n) is 4.30. The van der Waals surface area contributed by atoms with Gasteiger partial charge in [0.2, 0.25) is 0 Å². The molecule has 1 atom stereocenters. The van der Waals surface area contributed by atoms with E-state index in [9.17, 15) is 0 Å². The quantitative estimate of drug-likeness (QED) is 0.428. The summed E-state index contributed by atoms with van der Waals surface area (Å²) in [7, 11) is 0. The first-order valence-corrected chi connectivity index (χ1v) is 9.41. The van der Waals surface area contributed by atoms with Crippen LogP contribution in [0.2, 0.25) is 0 Å². The lowest BCUT2D eigenvalue weighted by molar-refractivity contribution is 1.19. The molecule has 0 radical (unpaired) electrons. The van der Waals surface area contributed by atoms with Crippen molar-refractivity contribution in [3.8, 4) is 0 Å². The maximum Gasteiger partial charge on any atom is 0.352 e. The van der Waals surface area contributed by atoms with E-state index in [2.05, 4.69) is 0 Å². The zero-order chi connectivity index (χ0) is 10.6. The summed E-state index contributed by atoms with van der Waals surface area (Å²) in [6.07, 6.45) is 3.88. The standard InChI is InChI=1S/C10H11Cl3Si/c1-2-6-10(14(11,12)13)9-7-4-3-5-8-9/h2-8,10H,1H3/b6-2-. The lowest BCUT2D eigenvalue weighted by Crippen LogP contribution is -2.21. The second kappa shape index (κ2) is 5.22. The minimum Gasteiger partial charge on any atom is -0.125 e. The van der Waals surface area contributed by atoms with Gasteiger partial charge in [-0.05, 0) is 12.5 Å². The summed E-state index contributed by atoms with van der Waals surface area (Å²) in [6.45, 7) is 1.93. The van der Waals surface area contributed by atoms with Gasteiger partial charge < -0.3 is 0 Å². The topological polar surface area (TPSA) is 0 Å². The predicted octanol–water partition coefficient (Wildman–Crippen LogP) is 4.54. The fourth-order valence-corrected chi connectivity index (χ4v) is 4.03. The molecule has 1 aromatic rings. The zero-order valence-electron chi connectivity index (χ0n) is 7.75. The highest BCUT2D eigenvalue weighted by molar-refractivity contribution is 7.65. The molecule has 0 N–H and O–H groups in total. The van der Waals surface area contributed by atoms with Crippen LogP contribution in [0, 0.1) is 0 Å². The fraction of sp³-hybridized carbons (Fsp3) is 0.200. The zero-order valence-corrected chi connectivity index (χ0v) is 11.0. The SMILES string of the molecule is C/C=C\C(c1ccccc1)[Si](Cl)(Cl)Cl. The third kappa shape index (κ3) is 3.32. The summed E-state index contributed by atoms with van der Waals surface area (Å²) >= 11 is 18.1. The van der Waals surface area contributed by atoms with Gasteiger partial charge >= 0.3 is 6.00 Å². The molecule has 0 saturated carbocycles. The summed E-state index contributed by atoms with van der Waals surface area (Å²) in [5, 5.41) is 0. The third-order valence-corrected chi connectivity index (χ3v) is 5.24. The van der Waals surface area contributed by atoms with E-state index in [4.69, 9.17) is 33.2 Å². The summed E-state index contributed by atoms with van der Waals surface area (Å²) in [6, 6.07) is 7.12. The van der Waals surface area contributed by atoms with E-state index in [0.29, 0.717) is 0 Å². The van der Waals surface area contributed by atoms with Crippen LogP contribution in [0.3, 0.4) is 0 Å². The van der Waals surface area contributed by atoms with E-state index in [1.807, 2.05) is 49.4 Å². The highest BCUT2D eigenvalue weighted by atomic mass is 35.8. The van der Waals surface area contributed by atoms with Crippen LogP contribution in [0.5, 0.6) is 0 Å². The molecule has 0 heterocycles. The molecule has 0 nitrogen and oxygen atoms in total. The van der Waals surface area contributed by atoms with Crippen molar-refractivity contribution < 1.29 is 0 Å². The number of benzene rings is 1. The van der Waals surface area contributed by atoms with E-state index in [1.165, 1.54) is 0 Å². The first kappa shape index (κ1) is 12.1. The lowest BCUT2D eigenvalue weighted by atomic mass is 10.1. The Kier molecular flexibility index (Phi) is 4.52. The van der Waals surface area contributed by atoms with E-state index in [-0.39, 0.29) is 5.54 Å². The van der Waals surface area contributed by atoms with Crippen LogP contribution in [0.25, 0.3) is 0 Å². The monoisotopic (exact) mass is 264 g/mol. The van der Waals surface area contributed by atoms with E-state index < -0.39 is 6.00 Å². The van der Waals surface area contributed by atoms with Gasteiger partial charge in [-0.25, -0.2) is 0 Å². The first-order chi connectivity index (χ1) is 6.55. The van der Waals surface area contributed by atoms with Gasteiger partial charge in [0.1, 0.15) is 0 Å². The Morgan fingerprint density at radius 1 is 1.14 bits per heavy atom. The fourth-order valence-electron chi connectivity index (χ4n) is 1.26. The normalized spacial score (nSPS) is 14.6. The average molecular weight is 266 g/mol. The smallest absolute Gasteiger partial charge is 0.125 e. The Morgan fingerprint density at radius 3 is 2.14 bits per heavy atom. The Balaban J connectivity index is 3.01. The van der Waals surface area contributed by atoms with Crippen molar-refractivity contribution in [2.24, 2.45) is 0 Å². The Bertz CT molecular complexity index is 303. The van der Waals surface area contributed by atoms with Crippen LogP contribution in [-0.2, 0) is 0 Å². The minimum atomic E-state index is -2.72. The number of hydrogen-bond acceptors (Lipinski definition) is 0. The molecule has 0 saturated heterocycles. The molecule has 0 spiro atoms. The van der Waals surface area contributed by atoms with E-state index in [0.717, 1.165) is 5.56 Å². The number of allylic oxidation sites excluding steroid dienone is 2. The van der Waals surface area contributed by atoms with Crippen molar-refractivity contribution in [1.29, 1.82) is 0 Å². The van der Waals surface area contributed by atoms with E-state index in [1.54, 1.807) is 0 Å². The van der Waals surface area contributed by atoms with Crippen LogP contribution in [-0.4, -0.2) is 6.00 Å². The molecule has 0 fully saturated rings. The summed E-state index contributed by atoms with van der Waals surface area (Å²) in [5.41, 5.74) is 1.01. The molecule has 1 aromatic carbocycles. The Morgan fingerprint density at radius 2 is 1.71 bits per heavy atom. The lowest BCUT2D eigenvalue weighted by Gasteiger charge is -2.18. The van der Waals surface area contributed by atoms with Crippen molar-refractivity contribution in [1.82, 2.24) is 0 Å². The predicted molar refractivity (Wildman–Crippen MR) is 67.3 cm³/mol. The molecule has 0 amide bonds. The van der Waals surface area contributed by atoms with Crippen LogP contribution >= 0.6 is 33.2 Å². The van der Waals surface area contributed by atoms with Gasteiger partial charge in [0, 0.05) is 5.54 Å². The van der Waals surface area contributed by atoms with Crippen molar-refractivity contribution >= 4 is 39.2 Å². The number of hydrogen-bond donors (Lipinski definition) is 0. The molecular weight excluding hydrogens is 255 g/mol. The van der Waals surface area contributed by atoms with Crippen molar-refractivity contribution in [2.45, 2.75) is 12.5 Å². The second-order valence-electron chi connectivity index (χ2n) is 2.96. The number of halogens is 3. The van der Waals surface area contributed by atoms with Gasteiger partial charge in [-0.15, -0.1) is 33.2 Å². The maximum atomic E-state index is 6.03. The molecule has 0 aliphatic rings. The van der Waals surface area contributed by atoms with Crippen LogP contribution in [0.15, 0.2) is 42.5 Å². The van der Waals surface area contributed by atoms with Gasteiger partial charge in [0.15, 0.2) is 0 Å². The molecule has 0 aromatic heterocycles. The van der Waals surface area contributed by atoms with Crippen molar-refractivity contribution in [3.63, 3.8) is 0 Å². The van der Waals surface area contributed by atoms with Gasteiger partial charge in [0.25, 0.3) is 0 Å². The van der Waals surface area contributed by atoms with Gasteiger partial charge in [0.05, 0.1) is 0 Å². The molecule has 1 unspecified atom stereocenters. The van der Waals surface area contributed by atoms with E-state index >= 15 is 0 Å². The second-order valence-corrected chi connectivity index (χ2v) is 11.8. The average Bonchev–Trinajstić information content (AvgIpc) is 2.14. The maximum absolute atomic E-state index is 6.03.